The lowest BCUT2D eigenvalue weighted by Gasteiger charge is -2.14. The molecule has 0 saturated heterocycles. The number of carbonyl (C=O) groups excluding carboxylic acids is 1. The summed E-state index contributed by atoms with van der Waals surface area (Å²) in [6.07, 6.45) is 1.51. The summed E-state index contributed by atoms with van der Waals surface area (Å²) in [6.45, 7) is 0.209. The molecule has 0 aromatic heterocycles. The summed E-state index contributed by atoms with van der Waals surface area (Å²) in [4.78, 5) is 12.6. The second-order valence-electron chi connectivity index (χ2n) is 7.16. The number of ether oxygens (including phenoxy) is 2. The van der Waals surface area contributed by atoms with Crippen molar-refractivity contribution < 1.29 is 14.3 Å². The molecule has 1 N–H and O–H groups in total. The molecular formula is C26H20Cl2N2O3. The molecular weight excluding hydrogens is 459 g/mol. The van der Waals surface area contributed by atoms with Crippen molar-refractivity contribution in [1.29, 1.82) is 0 Å². The number of fused-ring (bicyclic) bond motifs is 1. The molecule has 7 heteroatoms. The van der Waals surface area contributed by atoms with Crippen LogP contribution in [0.1, 0.15) is 21.5 Å². The van der Waals surface area contributed by atoms with Gasteiger partial charge in [0.15, 0.2) is 11.5 Å². The second kappa shape index (κ2) is 10.4. The molecule has 4 rings (SSSR count). The van der Waals surface area contributed by atoms with Crippen molar-refractivity contribution in [3.63, 3.8) is 0 Å². The lowest BCUT2D eigenvalue weighted by atomic mass is 10.1. The predicted octanol–water partition coefficient (Wildman–Crippen LogP) is 6.50. The first-order valence-corrected chi connectivity index (χ1v) is 10.9. The highest BCUT2D eigenvalue weighted by Crippen LogP contribution is 2.32. The minimum absolute atomic E-state index is 0.209. The molecule has 33 heavy (non-hydrogen) atoms. The normalized spacial score (nSPS) is 11.0. The van der Waals surface area contributed by atoms with Gasteiger partial charge in [-0.1, -0.05) is 65.7 Å². The molecule has 0 aliphatic rings. The van der Waals surface area contributed by atoms with Crippen LogP contribution in [0.2, 0.25) is 10.0 Å². The van der Waals surface area contributed by atoms with E-state index < -0.39 is 0 Å². The van der Waals surface area contributed by atoms with Gasteiger partial charge in [-0.3, -0.25) is 4.79 Å². The number of methoxy groups -OCH3 is 1. The van der Waals surface area contributed by atoms with Gasteiger partial charge in [0, 0.05) is 26.7 Å². The average molecular weight is 479 g/mol. The van der Waals surface area contributed by atoms with E-state index in [1.807, 2.05) is 48.5 Å². The van der Waals surface area contributed by atoms with E-state index in [0.29, 0.717) is 32.7 Å². The topological polar surface area (TPSA) is 59.9 Å². The van der Waals surface area contributed by atoms with Crippen LogP contribution >= 0.6 is 23.2 Å². The number of benzene rings is 4. The van der Waals surface area contributed by atoms with Crippen molar-refractivity contribution in [1.82, 2.24) is 5.43 Å². The molecule has 0 atom stereocenters. The van der Waals surface area contributed by atoms with Crippen LogP contribution in [0.25, 0.3) is 10.8 Å². The number of carbonyl (C=O) groups is 1. The maximum atomic E-state index is 12.6. The number of nitrogens with one attached hydrogen (secondary N) is 1. The van der Waals surface area contributed by atoms with E-state index in [2.05, 4.69) is 10.5 Å². The van der Waals surface area contributed by atoms with E-state index in [9.17, 15) is 4.79 Å². The van der Waals surface area contributed by atoms with Crippen LogP contribution in [0.3, 0.4) is 0 Å². The van der Waals surface area contributed by atoms with Crippen molar-refractivity contribution in [2.45, 2.75) is 6.61 Å². The van der Waals surface area contributed by atoms with E-state index in [0.717, 1.165) is 16.3 Å². The third-order valence-corrected chi connectivity index (χ3v) is 5.58. The lowest BCUT2D eigenvalue weighted by Crippen LogP contribution is -2.17. The summed E-state index contributed by atoms with van der Waals surface area (Å²) in [5.74, 6) is 0.704. The number of halogens is 2. The van der Waals surface area contributed by atoms with Gasteiger partial charge in [0.1, 0.15) is 6.61 Å². The zero-order valence-corrected chi connectivity index (χ0v) is 19.2. The van der Waals surface area contributed by atoms with Gasteiger partial charge in [-0.2, -0.15) is 5.10 Å². The van der Waals surface area contributed by atoms with Crippen LogP contribution in [0.15, 0.2) is 84.0 Å². The van der Waals surface area contributed by atoms with Gasteiger partial charge >= 0.3 is 0 Å². The first-order valence-electron chi connectivity index (χ1n) is 10.1. The molecule has 4 aromatic carbocycles. The Morgan fingerprint density at radius 3 is 2.58 bits per heavy atom. The molecule has 0 unspecified atom stereocenters. The molecule has 1 amide bonds. The monoisotopic (exact) mass is 478 g/mol. The number of amides is 1. The summed E-state index contributed by atoms with van der Waals surface area (Å²) in [6, 6.07) is 24.0. The highest BCUT2D eigenvalue weighted by molar-refractivity contribution is 6.35. The van der Waals surface area contributed by atoms with Crippen LogP contribution in [-0.2, 0) is 6.61 Å². The van der Waals surface area contributed by atoms with E-state index in [4.69, 9.17) is 32.7 Å². The summed E-state index contributed by atoms with van der Waals surface area (Å²) in [5.41, 5.74) is 4.50. The fourth-order valence-electron chi connectivity index (χ4n) is 3.29. The Hall–Kier alpha value is -3.54. The van der Waals surface area contributed by atoms with E-state index in [-0.39, 0.29) is 12.5 Å². The molecule has 166 valence electrons. The molecule has 0 fully saturated rings. The van der Waals surface area contributed by atoms with Crippen molar-refractivity contribution in [3.8, 4) is 11.5 Å². The van der Waals surface area contributed by atoms with Crippen LogP contribution in [0.5, 0.6) is 11.5 Å². The number of hydrogen-bond donors (Lipinski definition) is 1. The van der Waals surface area contributed by atoms with Crippen molar-refractivity contribution in [2.75, 3.05) is 7.11 Å². The Bertz CT molecular complexity index is 1340. The fraction of sp³-hybridized carbons (Fsp3) is 0.0769. The quantitative estimate of drug-likeness (QED) is 0.243. The van der Waals surface area contributed by atoms with Gasteiger partial charge in [-0.25, -0.2) is 5.43 Å². The highest BCUT2D eigenvalue weighted by Gasteiger charge is 2.12. The predicted molar refractivity (Wildman–Crippen MR) is 133 cm³/mol. The molecule has 0 bridgehead atoms. The Morgan fingerprint density at radius 1 is 0.970 bits per heavy atom. The van der Waals surface area contributed by atoms with Crippen LogP contribution < -0.4 is 14.9 Å². The van der Waals surface area contributed by atoms with Crippen molar-refractivity contribution in [2.24, 2.45) is 5.10 Å². The third-order valence-electron chi connectivity index (χ3n) is 5.00. The lowest BCUT2D eigenvalue weighted by molar-refractivity contribution is 0.0955. The number of nitrogens with zero attached hydrogens (tertiary/aromatic N) is 1. The van der Waals surface area contributed by atoms with Gasteiger partial charge in [0.25, 0.3) is 5.91 Å². The van der Waals surface area contributed by atoms with E-state index in [1.54, 1.807) is 37.4 Å². The molecule has 0 radical (unpaired) electrons. The van der Waals surface area contributed by atoms with Crippen LogP contribution in [-0.4, -0.2) is 19.2 Å². The summed E-state index contributed by atoms with van der Waals surface area (Å²) in [5, 5.41) is 7.23. The fourth-order valence-corrected chi connectivity index (χ4v) is 3.76. The number of hydrogen-bond acceptors (Lipinski definition) is 4. The Balaban J connectivity index is 1.50. The average Bonchev–Trinajstić information content (AvgIpc) is 2.83. The number of para-hydroxylation sites is 1. The zero-order valence-electron chi connectivity index (χ0n) is 17.7. The summed E-state index contributed by atoms with van der Waals surface area (Å²) in [7, 11) is 1.56. The Labute approximate surface area is 201 Å². The van der Waals surface area contributed by atoms with Gasteiger partial charge < -0.3 is 9.47 Å². The number of hydrazone groups is 1. The summed E-state index contributed by atoms with van der Waals surface area (Å²) < 4.78 is 11.4. The first-order chi connectivity index (χ1) is 16.0. The molecule has 4 aromatic rings. The molecule has 5 nitrogen and oxygen atoms in total. The standard InChI is InChI=1S/C26H20Cl2N2O3/c1-32-24-8-4-7-20(25(24)33-16-21-11-12-22(27)14-23(21)28)15-29-30-26(31)19-10-9-17-5-2-3-6-18(17)13-19/h2-15H,16H2,1H3,(H,30,31)/b29-15-. The number of rotatable bonds is 7. The van der Waals surface area contributed by atoms with Gasteiger partial charge in [-0.15, -0.1) is 0 Å². The van der Waals surface area contributed by atoms with Crippen LogP contribution in [0, 0.1) is 0 Å². The zero-order chi connectivity index (χ0) is 23.2. The molecule has 0 spiro atoms. The van der Waals surface area contributed by atoms with Gasteiger partial charge in [0.05, 0.1) is 13.3 Å². The minimum atomic E-state index is -0.310. The maximum absolute atomic E-state index is 12.6. The Kier molecular flexibility index (Phi) is 7.13. The molecule has 0 saturated carbocycles. The van der Waals surface area contributed by atoms with Crippen molar-refractivity contribution >= 4 is 46.1 Å². The molecule has 0 aliphatic carbocycles. The third kappa shape index (κ3) is 5.45. The molecule has 0 heterocycles. The first kappa shape index (κ1) is 22.6. The minimum Gasteiger partial charge on any atom is -0.493 e. The SMILES string of the molecule is COc1cccc(/C=N\NC(=O)c2ccc3ccccc3c2)c1OCc1ccc(Cl)cc1Cl. The smallest absolute Gasteiger partial charge is 0.271 e. The van der Waals surface area contributed by atoms with E-state index >= 15 is 0 Å². The van der Waals surface area contributed by atoms with Gasteiger partial charge in [-0.05, 0) is 47.2 Å². The van der Waals surface area contributed by atoms with Crippen molar-refractivity contribution in [3.05, 3.63) is 106 Å². The highest BCUT2D eigenvalue weighted by atomic mass is 35.5. The van der Waals surface area contributed by atoms with Gasteiger partial charge in [0.2, 0.25) is 0 Å². The second-order valence-corrected chi connectivity index (χ2v) is 8.01. The Morgan fingerprint density at radius 2 is 1.79 bits per heavy atom. The molecule has 0 aliphatic heterocycles. The maximum Gasteiger partial charge on any atom is 0.271 e. The largest absolute Gasteiger partial charge is 0.493 e. The summed E-state index contributed by atoms with van der Waals surface area (Å²) >= 11 is 12.2. The van der Waals surface area contributed by atoms with E-state index in [1.165, 1.54) is 6.21 Å². The van der Waals surface area contributed by atoms with Crippen LogP contribution in [0.4, 0.5) is 0 Å².